The molecule has 0 saturated heterocycles. The van der Waals surface area contributed by atoms with E-state index in [1.165, 1.54) is 12.1 Å². The fourth-order valence-electron chi connectivity index (χ4n) is 6.61. The Morgan fingerprint density at radius 2 is 1.57 bits per heavy atom. The molecule has 2 aromatic rings. The highest BCUT2D eigenvalue weighted by Gasteiger charge is 2.49. The largest absolute Gasteiger partial charge is 0.489 e. The number of rotatable bonds is 8. The number of methoxy groups -OCH3 is 1. The standard InChI is InChI=1S/C33H37ClN2O6/c1-32(2)15-24-30(26(37)17-32)29(31-25(35(24)11-12-41-5)16-33(3,4)18-27(31)38)23-14-21(34)9-10-28(23)42-19-20-7-6-8-22(13-20)36(39)40/h6-10,13-14,29H,11-12,15-19H2,1-5H3. The van der Waals surface area contributed by atoms with Gasteiger partial charge in [0.1, 0.15) is 12.4 Å². The quantitative estimate of drug-likeness (QED) is 0.237. The van der Waals surface area contributed by atoms with Gasteiger partial charge in [-0.2, -0.15) is 0 Å². The number of halogens is 1. The van der Waals surface area contributed by atoms with Crippen LogP contribution in [-0.4, -0.2) is 41.7 Å². The number of hydrogen-bond acceptors (Lipinski definition) is 7. The Balaban J connectivity index is 1.67. The van der Waals surface area contributed by atoms with Crippen LogP contribution in [0.1, 0.15) is 70.4 Å². The highest BCUT2D eigenvalue weighted by atomic mass is 35.5. The lowest BCUT2D eigenvalue weighted by Crippen LogP contribution is -2.45. The highest BCUT2D eigenvalue weighted by Crippen LogP contribution is 2.55. The summed E-state index contributed by atoms with van der Waals surface area (Å²) < 4.78 is 11.8. The first-order chi connectivity index (χ1) is 19.8. The number of carbonyl (C=O) groups excluding carboxylic acids is 2. The second kappa shape index (κ2) is 11.3. The maximum Gasteiger partial charge on any atom is 0.269 e. The monoisotopic (exact) mass is 592 g/mol. The normalized spacial score (nSPS) is 20.0. The van der Waals surface area contributed by atoms with E-state index >= 15 is 0 Å². The average Bonchev–Trinajstić information content (AvgIpc) is 2.89. The molecule has 9 heteroatoms. The van der Waals surface area contributed by atoms with Crippen LogP contribution in [0.4, 0.5) is 5.69 Å². The summed E-state index contributed by atoms with van der Waals surface area (Å²) in [5.41, 5.74) is 3.90. The van der Waals surface area contributed by atoms with E-state index in [1.54, 1.807) is 37.4 Å². The third-order valence-corrected chi connectivity index (χ3v) is 8.57. The summed E-state index contributed by atoms with van der Waals surface area (Å²) in [4.78, 5) is 41.1. The molecule has 8 nitrogen and oxygen atoms in total. The average molecular weight is 593 g/mol. The zero-order valence-corrected chi connectivity index (χ0v) is 25.5. The summed E-state index contributed by atoms with van der Waals surface area (Å²) in [5, 5.41) is 11.8. The van der Waals surface area contributed by atoms with E-state index in [0.29, 0.717) is 71.9 Å². The van der Waals surface area contributed by atoms with Crippen LogP contribution in [0.25, 0.3) is 0 Å². The summed E-state index contributed by atoms with van der Waals surface area (Å²) >= 11 is 6.56. The zero-order valence-electron chi connectivity index (χ0n) is 24.8. The SMILES string of the molecule is COCCN1C2=C(C(=O)CC(C)(C)C2)C(c2cc(Cl)ccc2OCc2cccc([N+](=O)[O-])c2)C2=C1CC(C)(C)CC2=O. The van der Waals surface area contributed by atoms with Crippen molar-refractivity contribution >= 4 is 28.9 Å². The van der Waals surface area contributed by atoms with Gasteiger partial charge in [-0.1, -0.05) is 51.4 Å². The lowest BCUT2D eigenvalue weighted by atomic mass is 9.63. The van der Waals surface area contributed by atoms with E-state index in [1.807, 2.05) is 0 Å². The van der Waals surface area contributed by atoms with Gasteiger partial charge >= 0.3 is 0 Å². The van der Waals surface area contributed by atoms with Crippen molar-refractivity contribution in [3.63, 3.8) is 0 Å². The summed E-state index contributed by atoms with van der Waals surface area (Å²) in [6, 6.07) is 11.5. The molecule has 0 spiro atoms. The fourth-order valence-corrected chi connectivity index (χ4v) is 6.79. The van der Waals surface area contributed by atoms with Gasteiger partial charge in [0.25, 0.3) is 5.69 Å². The molecule has 0 radical (unpaired) electrons. The molecule has 5 rings (SSSR count). The van der Waals surface area contributed by atoms with Crippen molar-refractivity contribution in [3.8, 4) is 5.75 Å². The second-order valence-electron chi connectivity index (χ2n) is 13.1. The van der Waals surface area contributed by atoms with Gasteiger partial charge in [-0.05, 0) is 47.4 Å². The Morgan fingerprint density at radius 1 is 0.952 bits per heavy atom. The number of Topliss-reactive ketones (excluding diaryl/α,β-unsaturated/α-hetero) is 2. The van der Waals surface area contributed by atoms with E-state index in [-0.39, 0.29) is 34.7 Å². The van der Waals surface area contributed by atoms with Crippen LogP contribution in [0.3, 0.4) is 0 Å². The lowest BCUT2D eigenvalue weighted by Gasteiger charge is -2.49. The van der Waals surface area contributed by atoms with E-state index in [4.69, 9.17) is 21.1 Å². The number of allylic oxidation sites excluding steroid dienone is 4. The van der Waals surface area contributed by atoms with E-state index < -0.39 is 10.8 Å². The van der Waals surface area contributed by atoms with Crippen LogP contribution in [0.5, 0.6) is 5.75 Å². The summed E-state index contributed by atoms with van der Waals surface area (Å²) in [5.74, 6) is -0.111. The van der Waals surface area contributed by atoms with Gasteiger partial charge in [-0.15, -0.1) is 0 Å². The molecule has 0 saturated carbocycles. The topological polar surface area (TPSA) is 99.0 Å². The van der Waals surface area contributed by atoms with Gasteiger partial charge in [0.2, 0.25) is 0 Å². The molecule has 222 valence electrons. The number of carbonyl (C=O) groups is 2. The van der Waals surface area contributed by atoms with Crippen molar-refractivity contribution in [3.05, 3.63) is 91.3 Å². The molecule has 2 aliphatic carbocycles. The molecule has 0 N–H and O–H groups in total. The summed E-state index contributed by atoms with van der Waals surface area (Å²) in [6.07, 6.45) is 2.11. The maximum absolute atomic E-state index is 14.0. The molecule has 0 atom stereocenters. The number of non-ortho nitro benzene ring substituents is 1. The molecular formula is C33H37ClN2O6. The third kappa shape index (κ3) is 5.88. The number of nitrogens with zero attached hydrogens (tertiary/aromatic N) is 2. The van der Waals surface area contributed by atoms with Crippen molar-refractivity contribution in [2.24, 2.45) is 10.8 Å². The molecule has 0 fully saturated rings. The number of nitro benzene ring substituents is 1. The van der Waals surface area contributed by atoms with Crippen molar-refractivity contribution in [2.45, 2.75) is 65.9 Å². The highest BCUT2D eigenvalue weighted by molar-refractivity contribution is 6.30. The van der Waals surface area contributed by atoms with Gasteiger partial charge in [0.15, 0.2) is 11.6 Å². The molecule has 2 aromatic carbocycles. The molecule has 42 heavy (non-hydrogen) atoms. The molecule has 0 amide bonds. The minimum atomic E-state index is -0.625. The molecule has 3 aliphatic rings. The minimum Gasteiger partial charge on any atom is -0.489 e. The van der Waals surface area contributed by atoms with Crippen molar-refractivity contribution in [1.82, 2.24) is 4.90 Å². The Kier molecular flexibility index (Phi) is 8.07. The van der Waals surface area contributed by atoms with E-state index in [2.05, 4.69) is 32.6 Å². The predicted octanol–water partition coefficient (Wildman–Crippen LogP) is 7.16. The van der Waals surface area contributed by atoms with Crippen molar-refractivity contribution < 1.29 is 24.0 Å². The van der Waals surface area contributed by atoms with Gasteiger partial charge in [-0.3, -0.25) is 19.7 Å². The number of nitro groups is 1. The van der Waals surface area contributed by atoms with Crippen LogP contribution in [0.15, 0.2) is 65.0 Å². The number of benzene rings is 2. The Hall–Kier alpha value is -3.49. The summed E-state index contributed by atoms with van der Waals surface area (Å²) in [7, 11) is 1.65. The second-order valence-corrected chi connectivity index (χ2v) is 13.5. The van der Waals surface area contributed by atoms with Gasteiger partial charge in [0.05, 0.1) is 11.5 Å². The van der Waals surface area contributed by atoms with E-state index in [9.17, 15) is 19.7 Å². The minimum absolute atomic E-state index is 0.0162. The number of ether oxygens (including phenoxy) is 2. The fraction of sp³-hybridized carbons (Fsp3) is 0.455. The Labute approximate surface area is 251 Å². The van der Waals surface area contributed by atoms with Crippen LogP contribution in [-0.2, 0) is 20.9 Å². The van der Waals surface area contributed by atoms with Gasteiger partial charge in [-0.25, -0.2) is 0 Å². The number of ketones is 2. The summed E-state index contributed by atoms with van der Waals surface area (Å²) in [6.45, 7) is 9.48. The zero-order chi connectivity index (χ0) is 30.4. The van der Waals surface area contributed by atoms with Crippen molar-refractivity contribution in [2.75, 3.05) is 20.3 Å². The van der Waals surface area contributed by atoms with Gasteiger partial charge < -0.3 is 14.4 Å². The Bertz CT molecular complexity index is 1470. The van der Waals surface area contributed by atoms with Crippen LogP contribution >= 0.6 is 11.6 Å². The first kappa shape index (κ1) is 30.0. The number of hydrogen-bond donors (Lipinski definition) is 0. The lowest BCUT2D eigenvalue weighted by molar-refractivity contribution is -0.384. The first-order valence-corrected chi connectivity index (χ1v) is 14.6. The predicted molar refractivity (Wildman–Crippen MR) is 160 cm³/mol. The molecule has 0 bridgehead atoms. The first-order valence-electron chi connectivity index (χ1n) is 14.2. The Morgan fingerprint density at radius 3 is 2.14 bits per heavy atom. The van der Waals surface area contributed by atoms with Crippen LogP contribution < -0.4 is 4.74 Å². The maximum atomic E-state index is 14.0. The molecular weight excluding hydrogens is 556 g/mol. The molecule has 0 aromatic heterocycles. The van der Waals surface area contributed by atoms with Crippen LogP contribution in [0.2, 0.25) is 5.02 Å². The third-order valence-electron chi connectivity index (χ3n) is 8.34. The van der Waals surface area contributed by atoms with Crippen LogP contribution in [0, 0.1) is 20.9 Å². The molecule has 1 heterocycles. The van der Waals surface area contributed by atoms with Gasteiger partial charge in [0, 0.05) is 77.7 Å². The van der Waals surface area contributed by atoms with Crippen molar-refractivity contribution in [1.29, 1.82) is 0 Å². The molecule has 1 aliphatic heterocycles. The van der Waals surface area contributed by atoms with E-state index in [0.717, 1.165) is 11.4 Å². The smallest absolute Gasteiger partial charge is 0.269 e. The molecule has 0 unspecified atom stereocenters.